The van der Waals surface area contributed by atoms with Crippen molar-refractivity contribution in [1.29, 1.82) is 0 Å². The number of ether oxygens (including phenoxy) is 2. The average Bonchev–Trinajstić information content (AvgIpc) is 2.45. The largest absolute Gasteiger partial charge is 0.490 e. The van der Waals surface area contributed by atoms with Crippen molar-refractivity contribution < 1.29 is 9.47 Å². The molecule has 0 saturated carbocycles. The fourth-order valence-corrected chi connectivity index (χ4v) is 1.67. The van der Waals surface area contributed by atoms with E-state index in [0.717, 1.165) is 18.0 Å². The summed E-state index contributed by atoms with van der Waals surface area (Å²) < 4.78 is 11.1. The van der Waals surface area contributed by atoms with Gasteiger partial charge in [-0.05, 0) is 26.0 Å². The van der Waals surface area contributed by atoms with Gasteiger partial charge in [-0.3, -0.25) is 0 Å². The van der Waals surface area contributed by atoms with E-state index in [4.69, 9.17) is 9.47 Å². The highest BCUT2D eigenvalue weighted by Gasteiger charge is 2.02. The first-order valence-corrected chi connectivity index (χ1v) is 6.68. The molecule has 0 aliphatic rings. The third-order valence-electron chi connectivity index (χ3n) is 2.51. The predicted octanol–water partition coefficient (Wildman–Crippen LogP) is 2.67. The van der Waals surface area contributed by atoms with Gasteiger partial charge in [0.15, 0.2) is 0 Å². The zero-order chi connectivity index (χ0) is 14.2. The molecule has 0 amide bonds. The van der Waals surface area contributed by atoms with Crippen LogP contribution in [0.1, 0.15) is 12.6 Å². The zero-order valence-corrected chi connectivity index (χ0v) is 11.8. The van der Waals surface area contributed by atoms with E-state index in [-0.39, 0.29) is 0 Å². The van der Waals surface area contributed by atoms with Gasteiger partial charge in [-0.2, -0.15) is 4.98 Å². The molecule has 1 heterocycles. The number of hydrogen-bond acceptors (Lipinski definition) is 5. The van der Waals surface area contributed by atoms with Crippen LogP contribution in [0, 0.1) is 6.92 Å². The molecule has 106 valence electrons. The number of para-hydroxylation sites is 1. The second kappa shape index (κ2) is 7.33. The van der Waals surface area contributed by atoms with Crippen molar-refractivity contribution in [3.8, 4) is 11.6 Å². The number of nitrogens with zero attached hydrogens (tertiary/aromatic N) is 2. The van der Waals surface area contributed by atoms with Gasteiger partial charge in [0.25, 0.3) is 0 Å². The van der Waals surface area contributed by atoms with Gasteiger partial charge < -0.3 is 14.8 Å². The van der Waals surface area contributed by atoms with Gasteiger partial charge in [0, 0.05) is 18.3 Å². The predicted molar refractivity (Wildman–Crippen MR) is 78.4 cm³/mol. The molecule has 0 aliphatic heterocycles. The standard InChI is InChI=1S/C15H19N3O2/c1-3-16-15-17-12(2)11-14(18-15)20-10-9-19-13-7-5-4-6-8-13/h4-8,11H,3,9-10H2,1-2H3,(H,16,17,18). The van der Waals surface area contributed by atoms with Gasteiger partial charge >= 0.3 is 0 Å². The summed E-state index contributed by atoms with van der Waals surface area (Å²) in [6.07, 6.45) is 0. The molecule has 1 N–H and O–H groups in total. The van der Waals surface area contributed by atoms with Crippen LogP contribution >= 0.6 is 0 Å². The molecule has 20 heavy (non-hydrogen) atoms. The Labute approximate surface area is 119 Å². The molecule has 0 saturated heterocycles. The summed E-state index contributed by atoms with van der Waals surface area (Å²) in [7, 11) is 0. The molecule has 2 rings (SSSR count). The van der Waals surface area contributed by atoms with Crippen LogP contribution in [0.2, 0.25) is 0 Å². The highest BCUT2D eigenvalue weighted by molar-refractivity contribution is 5.30. The van der Waals surface area contributed by atoms with Gasteiger partial charge in [0.2, 0.25) is 11.8 Å². The molecule has 2 aromatic rings. The Morgan fingerprint density at radius 1 is 1.05 bits per heavy atom. The monoisotopic (exact) mass is 273 g/mol. The van der Waals surface area contributed by atoms with Crippen molar-refractivity contribution >= 4 is 5.95 Å². The summed E-state index contributed by atoms with van der Waals surface area (Å²) in [5.41, 5.74) is 0.870. The molecule has 0 atom stereocenters. The van der Waals surface area contributed by atoms with Crippen LogP contribution in [-0.2, 0) is 0 Å². The number of benzene rings is 1. The fraction of sp³-hybridized carbons (Fsp3) is 0.333. The Kier molecular flexibility index (Phi) is 5.17. The van der Waals surface area contributed by atoms with Gasteiger partial charge in [-0.1, -0.05) is 18.2 Å². The number of nitrogens with one attached hydrogen (secondary N) is 1. The van der Waals surface area contributed by atoms with Crippen molar-refractivity contribution in [2.75, 3.05) is 25.1 Å². The van der Waals surface area contributed by atoms with Gasteiger partial charge in [0.05, 0.1) is 0 Å². The van der Waals surface area contributed by atoms with E-state index in [0.29, 0.717) is 25.0 Å². The molecule has 0 radical (unpaired) electrons. The number of hydrogen-bond donors (Lipinski definition) is 1. The lowest BCUT2D eigenvalue weighted by Gasteiger charge is -2.09. The normalized spacial score (nSPS) is 10.1. The van der Waals surface area contributed by atoms with Crippen molar-refractivity contribution in [3.63, 3.8) is 0 Å². The van der Waals surface area contributed by atoms with Crippen LogP contribution in [-0.4, -0.2) is 29.7 Å². The molecule has 1 aromatic carbocycles. The van der Waals surface area contributed by atoms with Gasteiger partial charge in [-0.15, -0.1) is 0 Å². The van der Waals surface area contributed by atoms with Crippen molar-refractivity contribution in [2.45, 2.75) is 13.8 Å². The number of aryl methyl sites for hydroxylation is 1. The molecule has 0 unspecified atom stereocenters. The van der Waals surface area contributed by atoms with E-state index in [1.165, 1.54) is 0 Å². The number of anilines is 1. The molecule has 1 aromatic heterocycles. The summed E-state index contributed by atoms with van der Waals surface area (Å²) in [5.74, 6) is 1.99. The Morgan fingerprint density at radius 3 is 2.55 bits per heavy atom. The van der Waals surface area contributed by atoms with Crippen LogP contribution in [0.15, 0.2) is 36.4 Å². The molecule has 0 aliphatic carbocycles. The summed E-state index contributed by atoms with van der Waals surface area (Å²) in [5, 5.41) is 3.07. The molecule has 0 fully saturated rings. The Bertz CT molecular complexity index is 532. The minimum Gasteiger partial charge on any atom is -0.490 e. The summed E-state index contributed by atoms with van der Waals surface area (Å²) in [6, 6.07) is 11.5. The van der Waals surface area contributed by atoms with Crippen LogP contribution in [0.3, 0.4) is 0 Å². The highest BCUT2D eigenvalue weighted by atomic mass is 16.5. The summed E-state index contributed by atoms with van der Waals surface area (Å²) >= 11 is 0. The first-order chi connectivity index (χ1) is 9.78. The zero-order valence-electron chi connectivity index (χ0n) is 11.8. The van der Waals surface area contributed by atoms with E-state index in [1.807, 2.05) is 50.2 Å². The van der Waals surface area contributed by atoms with Gasteiger partial charge in [0.1, 0.15) is 19.0 Å². The second-order valence-corrected chi connectivity index (χ2v) is 4.21. The first-order valence-electron chi connectivity index (χ1n) is 6.68. The summed E-state index contributed by atoms with van der Waals surface area (Å²) in [6.45, 7) is 5.61. The lowest BCUT2D eigenvalue weighted by molar-refractivity contribution is 0.212. The summed E-state index contributed by atoms with van der Waals surface area (Å²) in [4.78, 5) is 8.53. The SMILES string of the molecule is CCNc1nc(C)cc(OCCOc2ccccc2)n1. The molecular formula is C15H19N3O2. The Balaban J connectivity index is 1.81. The maximum absolute atomic E-state index is 5.58. The molecule has 0 spiro atoms. The number of aromatic nitrogens is 2. The lowest BCUT2D eigenvalue weighted by atomic mass is 10.3. The lowest BCUT2D eigenvalue weighted by Crippen LogP contribution is -2.11. The van der Waals surface area contributed by atoms with E-state index in [2.05, 4.69) is 15.3 Å². The average molecular weight is 273 g/mol. The van der Waals surface area contributed by atoms with Crippen LogP contribution < -0.4 is 14.8 Å². The quantitative estimate of drug-likeness (QED) is 0.786. The van der Waals surface area contributed by atoms with E-state index in [1.54, 1.807) is 0 Å². The van der Waals surface area contributed by atoms with E-state index in [9.17, 15) is 0 Å². The topological polar surface area (TPSA) is 56.3 Å². The van der Waals surface area contributed by atoms with Crippen molar-refractivity contribution in [2.24, 2.45) is 0 Å². The fourth-order valence-electron chi connectivity index (χ4n) is 1.67. The third-order valence-corrected chi connectivity index (χ3v) is 2.51. The van der Waals surface area contributed by atoms with E-state index >= 15 is 0 Å². The smallest absolute Gasteiger partial charge is 0.226 e. The van der Waals surface area contributed by atoms with E-state index < -0.39 is 0 Å². The molecular weight excluding hydrogens is 254 g/mol. The Hall–Kier alpha value is -2.30. The van der Waals surface area contributed by atoms with Crippen molar-refractivity contribution in [1.82, 2.24) is 9.97 Å². The minimum absolute atomic E-state index is 0.441. The maximum Gasteiger partial charge on any atom is 0.226 e. The first kappa shape index (κ1) is 14.1. The molecule has 5 heteroatoms. The third kappa shape index (κ3) is 4.42. The van der Waals surface area contributed by atoms with Gasteiger partial charge in [-0.25, -0.2) is 4.98 Å². The maximum atomic E-state index is 5.58. The molecule has 5 nitrogen and oxygen atoms in total. The Morgan fingerprint density at radius 2 is 1.80 bits per heavy atom. The second-order valence-electron chi connectivity index (χ2n) is 4.21. The minimum atomic E-state index is 0.441. The van der Waals surface area contributed by atoms with Crippen LogP contribution in [0.4, 0.5) is 5.95 Å². The molecule has 0 bridgehead atoms. The van der Waals surface area contributed by atoms with Crippen LogP contribution in [0.25, 0.3) is 0 Å². The highest BCUT2D eigenvalue weighted by Crippen LogP contribution is 2.12. The van der Waals surface area contributed by atoms with Crippen molar-refractivity contribution in [3.05, 3.63) is 42.1 Å². The number of rotatable bonds is 7. The van der Waals surface area contributed by atoms with Crippen LogP contribution in [0.5, 0.6) is 11.6 Å².